The Morgan fingerprint density at radius 2 is 1.78 bits per heavy atom. The Morgan fingerprint density at radius 3 is 2.30 bits per heavy atom. The fourth-order valence-electron chi connectivity index (χ4n) is 3.20. The van der Waals surface area contributed by atoms with E-state index in [1.165, 1.54) is 13.8 Å². The van der Waals surface area contributed by atoms with Gasteiger partial charge in [0.2, 0.25) is 0 Å². The number of esters is 2. The number of ether oxygens (including phenoxy) is 2. The van der Waals surface area contributed by atoms with E-state index in [2.05, 4.69) is 17.0 Å². The lowest BCUT2D eigenvalue weighted by Crippen LogP contribution is -2.58. The van der Waals surface area contributed by atoms with Crippen LogP contribution in [-0.4, -0.2) is 42.1 Å². The summed E-state index contributed by atoms with van der Waals surface area (Å²) in [6.45, 7) is 5.08. The van der Waals surface area contributed by atoms with Crippen LogP contribution in [0.15, 0.2) is 30.3 Å². The molecule has 1 aromatic carbocycles. The van der Waals surface area contributed by atoms with Crippen molar-refractivity contribution in [2.45, 2.75) is 44.9 Å². The van der Waals surface area contributed by atoms with E-state index in [0.29, 0.717) is 13.0 Å². The topological polar surface area (TPSA) is 55.8 Å². The Balaban J connectivity index is 0.00000264. The van der Waals surface area contributed by atoms with Gasteiger partial charge in [0.1, 0.15) is 6.10 Å². The first kappa shape index (κ1) is 19.5. The minimum Gasteiger partial charge on any atom is -0.458 e. The summed E-state index contributed by atoms with van der Waals surface area (Å²) >= 11 is 0. The van der Waals surface area contributed by atoms with Crippen molar-refractivity contribution in [3.05, 3.63) is 35.9 Å². The molecule has 2 rings (SSSR count). The summed E-state index contributed by atoms with van der Waals surface area (Å²) in [4.78, 5) is 25.0. The maximum absolute atomic E-state index is 11.4. The van der Waals surface area contributed by atoms with Crippen LogP contribution in [-0.2, 0) is 19.1 Å². The molecule has 5 nitrogen and oxygen atoms in total. The molecule has 0 amide bonds. The number of hydrogen-bond acceptors (Lipinski definition) is 5. The van der Waals surface area contributed by atoms with Crippen LogP contribution < -0.4 is 0 Å². The van der Waals surface area contributed by atoms with Gasteiger partial charge >= 0.3 is 11.9 Å². The van der Waals surface area contributed by atoms with Crippen LogP contribution in [0.3, 0.4) is 0 Å². The third-order valence-corrected chi connectivity index (χ3v) is 4.08. The van der Waals surface area contributed by atoms with Crippen LogP contribution >= 0.6 is 12.4 Å². The zero-order chi connectivity index (χ0) is 16.3. The second-order valence-electron chi connectivity index (χ2n) is 6.08. The van der Waals surface area contributed by atoms with Gasteiger partial charge in [-0.15, -0.1) is 12.4 Å². The van der Waals surface area contributed by atoms with Crippen molar-refractivity contribution in [2.24, 2.45) is 0 Å². The molecule has 0 bridgehead atoms. The molecule has 23 heavy (non-hydrogen) atoms. The number of carbonyl (C=O) groups is 2. The van der Waals surface area contributed by atoms with Gasteiger partial charge in [0.05, 0.1) is 0 Å². The summed E-state index contributed by atoms with van der Waals surface area (Å²) < 4.78 is 11.0. The Labute approximate surface area is 143 Å². The van der Waals surface area contributed by atoms with Gasteiger partial charge in [-0.05, 0) is 19.5 Å². The molecule has 1 saturated heterocycles. The highest BCUT2D eigenvalue weighted by Gasteiger charge is 2.47. The standard InChI is InChI=1S/C17H23NO4.ClH/c1-12(19)21-16-10-15(14-8-6-5-7-9-14)18(4)11-17(16,3)22-13(2)20;/h5-9,15-16H,10-11H2,1-4H3;1H/t15-,16-,17+;/m0./s1. The highest BCUT2D eigenvalue weighted by atomic mass is 35.5. The molecule has 128 valence electrons. The molecule has 0 unspecified atom stereocenters. The molecule has 0 saturated carbocycles. The maximum atomic E-state index is 11.4. The minimum atomic E-state index is -0.836. The van der Waals surface area contributed by atoms with Crippen molar-refractivity contribution >= 4 is 24.3 Å². The zero-order valence-electron chi connectivity index (χ0n) is 13.9. The molecule has 0 radical (unpaired) electrons. The summed E-state index contributed by atoms with van der Waals surface area (Å²) in [5, 5.41) is 0. The Bertz CT molecular complexity index is 551. The van der Waals surface area contributed by atoms with E-state index in [1.807, 2.05) is 32.2 Å². The number of piperidine rings is 1. The maximum Gasteiger partial charge on any atom is 0.303 e. The molecule has 1 heterocycles. The molecule has 1 aliphatic rings. The SMILES string of the molecule is CC(=O)O[C@H]1C[C@@H](c2ccccc2)N(C)C[C@@]1(C)OC(C)=O.Cl. The fourth-order valence-corrected chi connectivity index (χ4v) is 3.20. The van der Waals surface area contributed by atoms with E-state index in [9.17, 15) is 9.59 Å². The quantitative estimate of drug-likeness (QED) is 0.791. The molecular weight excluding hydrogens is 318 g/mol. The molecule has 3 atom stereocenters. The second kappa shape index (κ2) is 7.79. The predicted octanol–water partition coefficient (Wildman–Crippen LogP) is 2.74. The molecule has 0 spiro atoms. The summed E-state index contributed by atoms with van der Waals surface area (Å²) in [6, 6.07) is 10.2. The Kier molecular flexibility index (Phi) is 6.59. The normalized spacial score (nSPS) is 27.7. The monoisotopic (exact) mass is 341 g/mol. The average Bonchev–Trinajstić information content (AvgIpc) is 2.41. The van der Waals surface area contributed by atoms with Gasteiger partial charge in [0, 0.05) is 32.9 Å². The van der Waals surface area contributed by atoms with E-state index in [0.717, 1.165) is 5.56 Å². The van der Waals surface area contributed by atoms with E-state index in [-0.39, 0.29) is 30.4 Å². The predicted molar refractivity (Wildman–Crippen MR) is 89.4 cm³/mol. The van der Waals surface area contributed by atoms with Gasteiger partial charge in [-0.25, -0.2) is 0 Å². The van der Waals surface area contributed by atoms with Crippen molar-refractivity contribution in [3.8, 4) is 0 Å². The lowest BCUT2D eigenvalue weighted by molar-refractivity contribution is -0.195. The molecule has 0 aliphatic carbocycles. The first-order valence-corrected chi connectivity index (χ1v) is 7.44. The Morgan fingerprint density at radius 1 is 1.17 bits per heavy atom. The lowest BCUT2D eigenvalue weighted by Gasteiger charge is -2.47. The molecule has 1 aliphatic heterocycles. The van der Waals surface area contributed by atoms with Crippen molar-refractivity contribution in [1.29, 1.82) is 0 Å². The second-order valence-corrected chi connectivity index (χ2v) is 6.08. The number of nitrogens with zero attached hydrogens (tertiary/aromatic N) is 1. The van der Waals surface area contributed by atoms with Gasteiger partial charge in [0.25, 0.3) is 0 Å². The number of hydrogen-bond donors (Lipinski definition) is 0. The van der Waals surface area contributed by atoms with Crippen molar-refractivity contribution in [3.63, 3.8) is 0 Å². The molecule has 0 aromatic heterocycles. The largest absolute Gasteiger partial charge is 0.458 e. The van der Waals surface area contributed by atoms with Crippen molar-refractivity contribution in [1.82, 2.24) is 4.90 Å². The first-order valence-electron chi connectivity index (χ1n) is 7.44. The van der Waals surface area contributed by atoms with E-state index < -0.39 is 11.7 Å². The fraction of sp³-hybridized carbons (Fsp3) is 0.529. The number of likely N-dealkylation sites (tertiary alicyclic amines) is 1. The number of carbonyl (C=O) groups excluding carboxylic acids is 2. The minimum absolute atomic E-state index is 0. The van der Waals surface area contributed by atoms with E-state index in [4.69, 9.17) is 9.47 Å². The van der Waals surface area contributed by atoms with Crippen LogP contribution in [0.2, 0.25) is 0 Å². The van der Waals surface area contributed by atoms with E-state index in [1.54, 1.807) is 0 Å². The molecule has 1 fully saturated rings. The van der Waals surface area contributed by atoms with Gasteiger partial charge in [-0.1, -0.05) is 30.3 Å². The Hall–Kier alpha value is -1.59. The number of benzene rings is 1. The highest BCUT2D eigenvalue weighted by Crippen LogP contribution is 2.37. The number of rotatable bonds is 3. The van der Waals surface area contributed by atoms with Crippen molar-refractivity contribution < 1.29 is 19.1 Å². The highest BCUT2D eigenvalue weighted by molar-refractivity contribution is 5.85. The van der Waals surface area contributed by atoms with Crippen LogP contribution in [0.1, 0.15) is 38.8 Å². The van der Waals surface area contributed by atoms with Crippen LogP contribution in [0.4, 0.5) is 0 Å². The molecule has 6 heteroatoms. The van der Waals surface area contributed by atoms with Gasteiger partial charge in [-0.3, -0.25) is 14.5 Å². The molecule has 0 N–H and O–H groups in total. The molecule has 1 aromatic rings. The smallest absolute Gasteiger partial charge is 0.303 e. The van der Waals surface area contributed by atoms with Crippen LogP contribution in [0, 0.1) is 0 Å². The van der Waals surface area contributed by atoms with Crippen LogP contribution in [0.5, 0.6) is 0 Å². The summed E-state index contributed by atoms with van der Waals surface area (Å²) in [5.74, 6) is -0.731. The lowest BCUT2D eigenvalue weighted by atomic mass is 9.84. The van der Waals surface area contributed by atoms with Crippen molar-refractivity contribution in [2.75, 3.05) is 13.6 Å². The average molecular weight is 342 g/mol. The van der Waals surface area contributed by atoms with Gasteiger partial charge in [-0.2, -0.15) is 0 Å². The third kappa shape index (κ3) is 4.69. The van der Waals surface area contributed by atoms with Crippen LogP contribution in [0.25, 0.3) is 0 Å². The zero-order valence-corrected chi connectivity index (χ0v) is 14.8. The number of halogens is 1. The van der Waals surface area contributed by atoms with E-state index >= 15 is 0 Å². The summed E-state index contributed by atoms with van der Waals surface area (Å²) in [6.07, 6.45) is 0.124. The van der Waals surface area contributed by atoms with Gasteiger partial charge < -0.3 is 9.47 Å². The summed E-state index contributed by atoms with van der Waals surface area (Å²) in [5.41, 5.74) is 0.324. The summed E-state index contributed by atoms with van der Waals surface area (Å²) in [7, 11) is 1.99. The van der Waals surface area contributed by atoms with Gasteiger partial charge in [0.15, 0.2) is 5.60 Å². The number of likely N-dealkylation sites (N-methyl/N-ethyl adjacent to an activating group) is 1. The third-order valence-electron chi connectivity index (χ3n) is 4.08. The molecular formula is C17H24ClNO4. The first-order chi connectivity index (χ1) is 10.3.